The fourth-order valence-corrected chi connectivity index (χ4v) is 3.57. The summed E-state index contributed by atoms with van der Waals surface area (Å²) in [4.78, 5) is 23.6. The SMILES string of the molecule is Cc1nc2nc(C)c(N3CCC(OCc4cccc(F)c4)CC3)c(=O)n2[nH]1. The zero-order valence-electron chi connectivity index (χ0n) is 15.4. The second-order valence-corrected chi connectivity index (χ2v) is 6.92. The third-order valence-electron chi connectivity index (χ3n) is 4.89. The topological polar surface area (TPSA) is 75.5 Å². The summed E-state index contributed by atoms with van der Waals surface area (Å²) in [6, 6.07) is 6.46. The molecule has 7 nitrogen and oxygen atoms in total. The minimum Gasteiger partial charge on any atom is -0.373 e. The number of ether oxygens (including phenoxy) is 1. The number of aryl methyl sites for hydroxylation is 2. The first-order valence-electron chi connectivity index (χ1n) is 9.08. The van der Waals surface area contributed by atoms with Gasteiger partial charge in [-0.25, -0.2) is 9.37 Å². The highest BCUT2D eigenvalue weighted by molar-refractivity contribution is 5.52. The number of H-pyrrole nitrogens is 1. The van der Waals surface area contributed by atoms with Gasteiger partial charge in [0.1, 0.15) is 17.3 Å². The molecule has 0 atom stereocenters. The molecule has 2 aromatic heterocycles. The van der Waals surface area contributed by atoms with Crippen molar-refractivity contribution in [2.75, 3.05) is 18.0 Å². The second-order valence-electron chi connectivity index (χ2n) is 6.92. The number of hydrogen-bond donors (Lipinski definition) is 1. The minimum absolute atomic E-state index is 0.0960. The van der Waals surface area contributed by atoms with Gasteiger partial charge in [-0.2, -0.15) is 9.50 Å². The van der Waals surface area contributed by atoms with E-state index in [1.54, 1.807) is 13.0 Å². The van der Waals surface area contributed by atoms with Crippen LogP contribution in [0.2, 0.25) is 0 Å². The summed E-state index contributed by atoms with van der Waals surface area (Å²) in [6.45, 7) is 5.46. The van der Waals surface area contributed by atoms with E-state index in [0.717, 1.165) is 18.4 Å². The summed E-state index contributed by atoms with van der Waals surface area (Å²) >= 11 is 0. The number of fused-ring (bicyclic) bond motifs is 1. The molecule has 0 saturated carbocycles. The zero-order chi connectivity index (χ0) is 19.0. The average Bonchev–Trinajstić information content (AvgIpc) is 3.01. The van der Waals surface area contributed by atoms with E-state index >= 15 is 0 Å². The van der Waals surface area contributed by atoms with Crippen LogP contribution in [0.1, 0.15) is 29.9 Å². The average molecular weight is 371 g/mol. The lowest BCUT2D eigenvalue weighted by molar-refractivity contribution is 0.0250. The van der Waals surface area contributed by atoms with E-state index in [0.29, 0.717) is 42.7 Å². The van der Waals surface area contributed by atoms with Crippen molar-refractivity contribution in [3.8, 4) is 0 Å². The molecule has 8 heteroatoms. The largest absolute Gasteiger partial charge is 0.373 e. The van der Waals surface area contributed by atoms with Gasteiger partial charge in [0, 0.05) is 13.1 Å². The van der Waals surface area contributed by atoms with Crippen molar-refractivity contribution in [1.82, 2.24) is 19.6 Å². The molecule has 3 heterocycles. The number of aromatic nitrogens is 4. The van der Waals surface area contributed by atoms with Crippen LogP contribution in [0.3, 0.4) is 0 Å². The van der Waals surface area contributed by atoms with Crippen LogP contribution < -0.4 is 10.5 Å². The van der Waals surface area contributed by atoms with Gasteiger partial charge < -0.3 is 9.64 Å². The van der Waals surface area contributed by atoms with Gasteiger partial charge in [-0.05, 0) is 44.4 Å². The molecule has 0 bridgehead atoms. The predicted molar refractivity (Wildman–Crippen MR) is 99.5 cm³/mol. The molecule has 0 unspecified atom stereocenters. The van der Waals surface area contributed by atoms with Crippen molar-refractivity contribution in [2.45, 2.75) is 39.4 Å². The molecule has 1 N–H and O–H groups in total. The number of rotatable bonds is 4. The molecule has 1 aliphatic rings. The van der Waals surface area contributed by atoms with Gasteiger partial charge in [0.15, 0.2) is 0 Å². The lowest BCUT2D eigenvalue weighted by atomic mass is 10.1. The van der Waals surface area contributed by atoms with Crippen LogP contribution >= 0.6 is 0 Å². The number of piperidine rings is 1. The van der Waals surface area contributed by atoms with E-state index in [2.05, 4.69) is 20.0 Å². The molecule has 0 spiro atoms. The fourth-order valence-electron chi connectivity index (χ4n) is 3.57. The Balaban J connectivity index is 1.43. The Morgan fingerprint density at radius 2 is 2.04 bits per heavy atom. The molecule has 0 aliphatic carbocycles. The van der Waals surface area contributed by atoms with Gasteiger partial charge in [-0.1, -0.05) is 12.1 Å². The maximum absolute atomic E-state index is 13.3. The summed E-state index contributed by atoms with van der Waals surface area (Å²) in [5, 5.41) is 2.93. The Labute approximate surface area is 155 Å². The van der Waals surface area contributed by atoms with Crippen molar-refractivity contribution in [3.63, 3.8) is 0 Å². The van der Waals surface area contributed by atoms with Crippen molar-refractivity contribution < 1.29 is 9.13 Å². The van der Waals surface area contributed by atoms with E-state index in [1.165, 1.54) is 16.6 Å². The van der Waals surface area contributed by atoms with Crippen LogP contribution in [-0.2, 0) is 11.3 Å². The van der Waals surface area contributed by atoms with Gasteiger partial charge in [-0.3, -0.25) is 9.89 Å². The highest BCUT2D eigenvalue weighted by Crippen LogP contribution is 2.22. The quantitative estimate of drug-likeness (QED) is 0.762. The third-order valence-corrected chi connectivity index (χ3v) is 4.89. The van der Waals surface area contributed by atoms with Crippen LogP contribution in [0, 0.1) is 19.7 Å². The smallest absolute Gasteiger partial charge is 0.297 e. The van der Waals surface area contributed by atoms with Gasteiger partial charge in [0.2, 0.25) is 0 Å². The predicted octanol–water partition coefficient (Wildman–Crippen LogP) is 2.36. The van der Waals surface area contributed by atoms with E-state index < -0.39 is 0 Å². The molecule has 0 radical (unpaired) electrons. The molecule has 1 aliphatic heterocycles. The Kier molecular flexibility index (Phi) is 4.65. The maximum atomic E-state index is 13.3. The summed E-state index contributed by atoms with van der Waals surface area (Å²) < 4.78 is 20.6. The Bertz CT molecular complexity index is 1020. The fraction of sp³-hybridized carbons (Fsp3) is 0.421. The summed E-state index contributed by atoms with van der Waals surface area (Å²) in [7, 11) is 0. The van der Waals surface area contributed by atoms with Crippen LogP contribution in [0.15, 0.2) is 29.1 Å². The van der Waals surface area contributed by atoms with E-state index in [9.17, 15) is 9.18 Å². The monoisotopic (exact) mass is 371 g/mol. The van der Waals surface area contributed by atoms with Crippen molar-refractivity contribution in [2.24, 2.45) is 0 Å². The van der Waals surface area contributed by atoms with Crippen LogP contribution in [-0.4, -0.2) is 38.8 Å². The number of aromatic amines is 1. The van der Waals surface area contributed by atoms with Crippen molar-refractivity contribution in [1.29, 1.82) is 0 Å². The second kappa shape index (κ2) is 7.11. The third kappa shape index (κ3) is 3.57. The molecule has 3 aromatic rings. The van der Waals surface area contributed by atoms with Gasteiger partial charge in [0.25, 0.3) is 11.3 Å². The van der Waals surface area contributed by atoms with Gasteiger partial charge in [0.05, 0.1) is 18.4 Å². The maximum Gasteiger partial charge on any atom is 0.297 e. The van der Waals surface area contributed by atoms with E-state index in [4.69, 9.17) is 4.74 Å². The molecule has 4 rings (SSSR count). The highest BCUT2D eigenvalue weighted by Gasteiger charge is 2.24. The van der Waals surface area contributed by atoms with Crippen LogP contribution in [0.4, 0.5) is 10.1 Å². The summed E-state index contributed by atoms with van der Waals surface area (Å²) in [5.41, 5.74) is 2.00. The van der Waals surface area contributed by atoms with Crippen molar-refractivity contribution >= 4 is 11.5 Å². The number of hydrogen-bond acceptors (Lipinski definition) is 5. The molecular formula is C19H22FN5O2. The van der Waals surface area contributed by atoms with E-state index in [-0.39, 0.29) is 17.5 Å². The molecule has 0 amide bonds. The number of anilines is 1. The molecule has 1 saturated heterocycles. The number of halogens is 1. The first kappa shape index (κ1) is 17.7. The Morgan fingerprint density at radius 1 is 1.26 bits per heavy atom. The number of nitrogens with zero attached hydrogens (tertiary/aromatic N) is 4. The molecule has 27 heavy (non-hydrogen) atoms. The Morgan fingerprint density at radius 3 is 2.78 bits per heavy atom. The standard InChI is InChI=1S/C19H22FN5O2/c1-12-17(18(26)25-19(21-12)22-13(2)23-25)24-8-6-16(7-9-24)27-11-14-4-3-5-15(20)10-14/h3-5,10,16H,6-9,11H2,1-2H3,(H,21,22,23). The van der Waals surface area contributed by atoms with E-state index in [1.807, 2.05) is 13.0 Å². The normalized spacial score (nSPS) is 15.6. The first-order valence-corrected chi connectivity index (χ1v) is 9.08. The van der Waals surface area contributed by atoms with Gasteiger partial charge >= 0.3 is 0 Å². The summed E-state index contributed by atoms with van der Waals surface area (Å²) in [6.07, 6.45) is 1.70. The molecule has 142 valence electrons. The number of nitrogens with one attached hydrogen (secondary N) is 1. The lowest BCUT2D eigenvalue weighted by Gasteiger charge is -2.33. The zero-order valence-corrected chi connectivity index (χ0v) is 15.4. The highest BCUT2D eigenvalue weighted by atomic mass is 19.1. The Hall–Kier alpha value is -2.74. The minimum atomic E-state index is -0.251. The van der Waals surface area contributed by atoms with Crippen LogP contribution in [0.25, 0.3) is 5.78 Å². The summed E-state index contributed by atoms with van der Waals surface area (Å²) in [5.74, 6) is 0.798. The van der Waals surface area contributed by atoms with Gasteiger partial charge in [-0.15, -0.1) is 0 Å². The number of benzene rings is 1. The molecular weight excluding hydrogens is 349 g/mol. The van der Waals surface area contributed by atoms with Crippen LogP contribution in [0.5, 0.6) is 0 Å². The molecule has 1 fully saturated rings. The lowest BCUT2D eigenvalue weighted by Crippen LogP contribution is -2.41. The molecule has 1 aromatic carbocycles. The van der Waals surface area contributed by atoms with Crippen molar-refractivity contribution in [3.05, 3.63) is 57.5 Å². The first-order chi connectivity index (χ1) is 13.0.